The largest absolute Gasteiger partial charge is 0.466 e. The summed E-state index contributed by atoms with van der Waals surface area (Å²) in [6.45, 7) is 4.99. The fraction of sp³-hybridized carbons (Fsp3) is 0.897. The number of nitrogens with one attached hydrogen (secondary N) is 1. The lowest BCUT2D eigenvalue weighted by molar-refractivity contribution is -0.143. The second-order valence-electron chi connectivity index (χ2n) is 26.3. The number of amides is 1. The first-order chi connectivity index (χ1) is 41.5. The molecule has 0 aromatic heterocycles. The number of aliphatic hydroxyl groups is 2. The molecule has 0 rings (SSSR count). The van der Waals surface area contributed by atoms with Gasteiger partial charge in [0.2, 0.25) is 5.91 Å². The highest BCUT2D eigenvalue weighted by Gasteiger charge is 2.20. The van der Waals surface area contributed by atoms with Gasteiger partial charge >= 0.3 is 5.97 Å². The average molecular weight is 1180 g/mol. The Morgan fingerprint density at radius 3 is 0.917 bits per heavy atom. The molecule has 3 N–H and O–H groups in total. The van der Waals surface area contributed by atoms with Crippen LogP contribution < -0.4 is 5.32 Å². The molecule has 0 saturated carbocycles. The van der Waals surface area contributed by atoms with Gasteiger partial charge in [-0.2, -0.15) is 0 Å². The molecule has 0 aliphatic heterocycles. The minimum absolute atomic E-state index is 0.0110. The van der Waals surface area contributed by atoms with Gasteiger partial charge in [-0.15, -0.1) is 0 Å². The van der Waals surface area contributed by atoms with E-state index in [0.29, 0.717) is 25.9 Å². The smallest absolute Gasteiger partial charge is 0.305 e. The maximum atomic E-state index is 12.5. The summed E-state index contributed by atoms with van der Waals surface area (Å²) in [7, 11) is 0. The van der Waals surface area contributed by atoms with Crippen LogP contribution in [0.1, 0.15) is 425 Å². The summed E-state index contributed by atoms with van der Waals surface area (Å²) in [5.41, 5.74) is 0. The van der Waals surface area contributed by atoms with Gasteiger partial charge in [-0.3, -0.25) is 9.59 Å². The van der Waals surface area contributed by atoms with Crippen molar-refractivity contribution in [3.63, 3.8) is 0 Å². The number of carbonyl (C=O) groups is 2. The van der Waals surface area contributed by atoms with Gasteiger partial charge in [0.15, 0.2) is 0 Å². The topological polar surface area (TPSA) is 95.9 Å². The van der Waals surface area contributed by atoms with Crippen LogP contribution in [-0.4, -0.2) is 47.4 Å². The number of allylic oxidation sites excluding steroid dienone is 6. The summed E-state index contributed by atoms with van der Waals surface area (Å²) in [6.07, 6.45) is 95.0. The van der Waals surface area contributed by atoms with Crippen LogP contribution in [0, 0.1) is 0 Å². The Morgan fingerprint density at radius 2 is 0.595 bits per heavy atom. The second-order valence-corrected chi connectivity index (χ2v) is 26.3. The van der Waals surface area contributed by atoms with Crippen molar-refractivity contribution in [1.29, 1.82) is 0 Å². The van der Waals surface area contributed by atoms with E-state index in [1.807, 2.05) is 0 Å². The Hall–Kier alpha value is -1.92. The molecule has 2 atom stereocenters. The Bertz CT molecular complexity index is 1360. The maximum Gasteiger partial charge on any atom is 0.305 e. The number of hydrogen-bond donors (Lipinski definition) is 3. The third-order valence-corrected chi connectivity index (χ3v) is 17.9. The second kappa shape index (κ2) is 73.5. The van der Waals surface area contributed by atoms with Crippen LogP contribution in [-0.2, 0) is 14.3 Å². The average Bonchev–Trinajstić information content (AvgIpc) is 3.52. The fourth-order valence-electron chi connectivity index (χ4n) is 12.1. The van der Waals surface area contributed by atoms with Crippen molar-refractivity contribution in [2.75, 3.05) is 13.2 Å². The van der Waals surface area contributed by atoms with E-state index in [1.54, 1.807) is 0 Å². The number of ether oxygens (including phenoxy) is 1. The SMILES string of the molecule is CCCCCCCCC/C=C\CCCCCCCCCC(=O)OCCCCCCCCCCC/C=C\C/C=C\CCCCCCCCCCCCCCCCCC(=O)NC(CO)C(O)CCCCCCCCCCCCCCCCCCCC. The fourth-order valence-corrected chi connectivity index (χ4v) is 12.1. The highest BCUT2D eigenvalue weighted by molar-refractivity contribution is 5.76. The van der Waals surface area contributed by atoms with Crippen molar-refractivity contribution in [2.24, 2.45) is 0 Å². The molecule has 1 amide bonds. The van der Waals surface area contributed by atoms with Crippen molar-refractivity contribution in [1.82, 2.24) is 5.32 Å². The third kappa shape index (κ3) is 69.2. The van der Waals surface area contributed by atoms with Crippen LogP contribution in [0.3, 0.4) is 0 Å². The lowest BCUT2D eigenvalue weighted by atomic mass is 10.0. The number of rotatable bonds is 72. The van der Waals surface area contributed by atoms with E-state index in [2.05, 4.69) is 55.6 Å². The van der Waals surface area contributed by atoms with E-state index in [1.165, 1.54) is 340 Å². The molecule has 0 aromatic rings. The number of carbonyl (C=O) groups excluding carboxylic acids is 2. The molecule has 6 heteroatoms. The van der Waals surface area contributed by atoms with Gasteiger partial charge in [0.1, 0.15) is 0 Å². The first-order valence-corrected chi connectivity index (χ1v) is 38.2. The van der Waals surface area contributed by atoms with Crippen LogP contribution >= 0.6 is 0 Å². The highest BCUT2D eigenvalue weighted by Crippen LogP contribution is 2.19. The van der Waals surface area contributed by atoms with Crippen LogP contribution in [0.15, 0.2) is 36.5 Å². The summed E-state index contributed by atoms with van der Waals surface area (Å²) < 4.78 is 5.50. The van der Waals surface area contributed by atoms with Crippen molar-refractivity contribution >= 4 is 11.9 Å². The Kier molecular flexibility index (Phi) is 71.9. The molecule has 0 fully saturated rings. The highest BCUT2D eigenvalue weighted by atomic mass is 16.5. The molecular formula is C78H149NO5. The van der Waals surface area contributed by atoms with Crippen LogP contribution in [0.25, 0.3) is 0 Å². The molecule has 0 spiro atoms. The predicted octanol–water partition coefficient (Wildman–Crippen LogP) is 25.0. The van der Waals surface area contributed by atoms with Crippen LogP contribution in [0.4, 0.5) is 0 Å². The number of esters is 1. The zero-order valence-corrected chi connectivity index (χ0v) is 56.9. The summed E-state index contributed by atoms with van der Waals surface area (Å²) in [4.78, 5) is 24.6. The normalized spacial score (nSPS) is 12.7. The van der Waals surface area contributed by atoms with Gasteiger partial charge in [0.05, 0.1) is 25.4 Å². The lowest BCUT2D eigenvalue weighted by Crippen LogP contribution is -2.45. The maximum absolute atomic E-state index is 12.5. The zero-order valence-electron chi connectivity index (χ0n) is 56.9. The Balaban J connectivity index is 3.38. The number of hydrogen-bond acceptors (Lipinski definition) is 5. The minimum atomic E-state index is -0.665. The zero-order chi connectivity index (χ0) is 60.6. The summed E-state index contributed by atoms with van der Waals surface area (Å²) in [5, 5.41) is 23.4. The lowest BCUT2D eigenvalue weighted by Gasteiger charge is -2.22. The monoisotopic (exact) mass is 1180 g/mol. The predicted molar refractivity (Wildman–Crippen MR) is 370 cm³/mol. The van der Waals surface area contributed by atoms with Gasteiger partial charge in [-0.05, 0) is 83.5 Å². The number of unbranched alkanes of at least 4 members (excludes halogenated alkanes) is 55. The molecule has 496 valence electrons. The van der Waals surface area contributed by atoms with E-state index >= 15 is 0 Å². The first-order valence-electron chi connectivity index (χ1n) is 38.2. The Morgan fingerprint density at radius 1 is 0.333 bits per heavy atom. The van der Waals surface area contributed by atoms with Gasteiger partial charge < -0.3 is 20.3 Å². The quantitative estimate of drug-likeness (QED) is 0.0320. The third-order valence-electron chi connectivity index (χ3n) is 17.9. The van der Waals surface area contributed by atoms with E-state index in [9.17, 15) is 19.8 Å². The summed E-state index contributed by atoms with van der Waals surface area (Å²) >= 11 is 0. The van der Waals surface area contributed by atoms with E-state index in [0.717, 1.165) is 51.4 Å². The molecule has 84 heavy (non-hydrogen) atoms. The van der Waals surface area contributed by atoms with Gasteiger partial charge in [0, 0.05) is 12.8 Å². The van der Waals surface area contributed by atoms with Crippen molar-refractivity contribution in [2.45, 2.75) is 437 Å². The first kappa shape index (κ1) is 82.1. The number of aliphatic hydroxyl groups excluding tert-OH is 2. The standard InChI is InChI=1S/C78H149NO5/c1-3-5-7-9-11-13-15-17-19-21-38-42-46-50-54-58-62-66-70-76(81)75(74-80)79-77(82)71-67-63-59-55-51-47-43-39-36-34-32-30-28-26-24-23-25-27-29-31-33-35-37-41-45-49-53-57-61-65-69-73-84-78(83)72-68-64-60-56-52-48-44-40-22-20-18-16-14-12-10-8-6-4-2/h20,22,25,27,31,33,75-76,80-81H,3-19,21,23-24,26,28-30,32,34-74H2,1-2H3,(H,79,82)/b22-20-,27-25-,33-31-. The van der Waals surface area contributed by atoms with Gasteiger partial charge in [-0.1, -0.05) is 365 Å². The molecule has 0 bridgehead atoms. The molecule has 0 aromatic carbocycles. The van der Waals surface area contributed by atoms with Crippen molar-refractivity contribution < 1.29 is 24.5 Å². The van der Waals surface area contributed by atoms with Gasteiger partial charge in [0.25, 0.3) is 0 Å². The molecule has 2 unspecified atom stereocenters. The summed E-state index contributed by atoms with van der Waals surface area (Å²) in [5.74, 6) is -0.0195. The Labute approximate surface area is 525 Å². The van der Waals surface area contributed by atoms with Crippen LogP contribution in [0.5, 0.6) is 0 Å². The van der Waals surface area contributed by atoms with Gasteiger partial charge in [-0.25, -0.2) is 0 Å². The van der Waals surface area contributed by atoms with E-state index < -0.39 is 12.1 Å². The molecule has 0 saturated heterocycles. The van der Waals surface area contributed by atoms with Crippen molar-refractivity contribution in [3.8, 4) is 0 Å². The molecule has 0 aliphatic carbocycles. The molecule has 0 heterocycles. The minimum Gasteiger partial charge on any atom is -0.466 e. The molecule has 0 aliphatic rings. The molecular weight excluding hydrogens is 1030 g/mol. The van der Waals surface area contributed by atoms with Crippen LogP contribution in [0.2, 0.25) is 0 Å². The van der Waals surface area contributed by atoms with E-state index in [4.69, 9.17) is 4.74 Å². The van der Waals surface area contributed by atoms with E-state index in [-0.39, 0.29) is 18.5 Å². The molecule has 6 nitrogen and oxygen atoms in total. The van der Waals surface area contributed by atoms with Crippen molar-refractivity contribution in [3.05, 3.63) is 36.5 Å². The summed E-state index contributed by atoms with van der Waals surface area (Å²) in [6, 6.07) is -0.542. The molecule has 0 radical (unpaired) electrons.